The molecule has 1 heterocycles. The van der Waals surface area contributed by atoms with E-state index in [-0.39, 0.29) is 0 Å². The third kappa shape index (κ3) is 5.41. The molecule has 0 aromatic carbocycles. The molecule has 1 nitrogen and oxygen atoms in total. The van der Waals surface area contributed by atoms with Gasteiger partial charge in [-0.25, -0.2) is 0 Å². The fourth-order valence-corrected chi connectivity index (χ4v) is 4.59. The van der Waals surface area contributed by atoms with Crippen molar-refractivity contribution >= 4 is 11.3 Å². The second-order valence-electron chi connectivity index (χ2n) is 7.28. The standard InChI is InChI=1S/C19H33NS/c1-4-17-7-8-18(21-17)9-12-19(10-5-6-11-19)13-14-20-15-16(2)3/h7-8,16,20H,4-6,9-15H2,1-3H3. The minimum absolute atomic E-state index is 0.639. The number of hydrogen-bond acceptors (Lipinski definition) is 2. The fourth-order valence-electron chi connectivity index (χ4n) is 3.63. The summed E-state index contributed by atoms with van der Waals surface area (Å²) < 4.78 is 0. The molecular weight excluding hydrogens is 274 g/mol. The van der Waals surface area contributed by atoms with Gasteiger partial charge in [0.1, 0.15) is 0 Å². The van der Waals surface area contributed by atoms with Crippen LogP contribution in [0.2, 0.25) is 0 Å². The SMILES string of the molecule is CCc1ccc(CCC2(CCNCC(C)C)CCCC2)s1. The molecule has 0 unspecified atom stereocenters. The van der Waals surface area contributed by atoms with Gasteiger partial charge >= 0.3 is 0 Å². The Morgan fingerprint density at radius 1 is 1.14 bits per heavy atom. The maximum Gasteiger partial charge on any atom is 0.00483 e. The quantitative estimate of drug-likeness (QED) is 0.599. The Labute approximate surface area is 135 Å². The van der Waals surface area contributed by atoms with Gasteiger partial charge in [0.05, 0.1) is 0 Å². The molecule has 1 N–H and O–H groups in total. The smallest absolute Gasteiger partial charge is 0.00483 e. The molecule has 0 amide bonds. The van der Waals surface area contributed by atoms with Crippen LogP contribution in [-0.4, -0.2) is 13.1 Å². The molecular formula is C19H33NS. The van der Waals surface area contributed by atoms with Gasteiger partial charge in [-0.2, -0.15) is 0 Å². The first-order valence-electron chi connectivity index (χ1n) is 8.92. The third-order valence-electron chi connectivity index (χ3n) is 5.02. The Morgan fingerprint density at radius 2 is 1.86 bits per heavy atom. The van der Waals surface area contributed by atoms with Crippen LogP contribution in [0, 0.1) is 11.3 Å². The predicted molar refractivity (Wildman–Crippen MR) is 95.2 cm³/mol. The second-order valence-corrected chi connectivity index (χ2v) is 8.53. The third-order valence-corrected chi connectivity index (χ3v) is 6.31. The molecule has 0 bridgehead atoms. The van der Waals surface area contributed by atoms with Crippen molar-refractivity contribution in [2.24, 2.45) is 11.3 Å². The molecule has 0 atom stereocenters. The van der Waals surface area contributed by atoms with Gasteiger partial charge in [0.2, 0.25) is 0 Å². The van der Waals surface area contributed by atoms with Crippen LogP contribution in [0.3, 0.4) is 0 Å². The zero-order chi connectivity index (χ0) is 15.1. The second kappa shape index (κ2) is 8.33. The van der Waals surface area contributed by atoms with Crippen molar-refractivity contribution in [1.29, 1.82) is 0 Å². The van der Waals surface area contributed by atoms with Gasteiger partial charge in [0.25, 0.3) is 0 Å². The molecule has 1 aliphatic rings. The highest BCUT2D eigenvalue weighted by atomic mass is 32.1. The zero-order valence-electron chi connectivity index (χ0n) is 14.2. The topological polar surface area (TPSA) is 12.0 Å². The lowest BCUT2D eigenvalue weighted by molar-refractivity contribution is 0.244. The molecule has 0 spiro atoms. The summed E-state index contributed by atoms with van der Waals surface area (Å²) in [4.78, 5) is 3.15. The van der Waals surface area contributed by atoms with Crippen molar-refractivity contribution in [3.05, 3.63) is 21.9 Å². The maximum atomic E-state index is 3.65. The first kappa shape index (κ1) is 17.0. The van der Waals surface area contributed by atoms with Gasteiger partial charge < -0.3 is 5.32 Å². The van der Waals surface area contributed by atoms with E-state index in [1.165, 1.54) is 64.5 Å². The average Bonchev–Trinajstić information content (AvgIpc) is 3.11. The van der Waals surface area contributed by atoms with Crippen LogP contribution in [0.1, 0.15) is 69.1 Å². The zero-order valence-corrected chi connectivity index (χ0v) is 15.0. The van der Waals surface area contributed by atoms with Crippen LogP contribution < -0.4 is 5.32 Å². The minimum atomic E-state index is 0.639. The Hall–Kier alpha value is -0.340. The molecule has 0 aliphatic heterocycles. The number of hydrogen-bond donors (Lipinski definition) is 1. The highest BCUT2D eigenvalue weighted by molar-refractivity contribution is 7.11. The summed E-state index contributed by atoms with van der Waals surface area (Å²) in [5.74, 6) is 0.767. The molecule has 1 fully saturated rings. The van der Waals surface area contributed by atoms with Gasteiger partial charge in [0, 0.05) is 9.75 Å². The number of aryl methyl sites for hydroxylation is 2. The van der Waals surface area contributed by atoms with Gasteiger partial charge in [-0.1, -0.05) is 33.6 Å². The van der Waals surface area contributed by atoms with E-state index in [0.717, 1.165) is 5.92 Å². The van der Waals surface area contributed by atoms with E-state index in [9.17, 15) is 0 Å². The summed E-state index contributed by atoms with van der Waals surface area (Å²) in [5, 5.41) is 3.65. The van der Waals surface area contributed by atoms with Crippen molar-refractivity contribution < 1.29 is 0 Å². The molecule has 0 saturated heterocycles. The molecule has 1 aromatic heterocycles. The normalized spacial score (nSPS) is 17.7. The summed E-state index contributed by atoms with van der Waals surface area (Å²) in [6, 6.07) is 4.69. The van der Waals surface area contributed by atoms with E-state index in [1.54, 1.807) is 9.75 Å². The lowest BCUT2D eigenvalue weighted by Gasteiger charge is -2.29. The van der Waals surface area contributed by atoms with Crippen LogP contribution in [0.25, 0.3) is 0 Å². The monoisotopic (exact) mass is 307 g/mol. The highest BCUT2D eigenvalue weighted by Gasteiger charge is 2.32. The molecule has 120 valence electrons. The van der Waals surface area contributed by atoms with Crippen molar-refractivity contribution in [1.82, 2.24) is 5.32 Å². The Bertz CT molecular complexity index is 401. The summed E-state index contributed by atoms with van der Waals surface area (Å²) in [7, 11) is 0. The molecule has 2 rings (SSSR count). The molecule has 0 radical (unpaired) electrons. The van der Waals surface area contributed by atoms with E-state index >= 15 is 0 Å². The van der Waals surface area contributed by atoms with Crippen molar-refractivity contribution in [3.8, 4) is 0 Å². The molecule has 21 heavy (non-hydrogen) atoms. The summed E-state index contributed by atoms with van der Waals surface area (Å²) >= 11 is 2.03. The van der Waals surface area contributed by atoms with E-state index in [0.29, 0.717) is 5.41 Å². The van der Waals surface area contributed by atoms with E-state index < -0.39 is 0 Å². The van der Waals surface area contributed by atoms with Crippen molar-refractivity contribution in [2.75, 3.05) is 13.1 Å². The van der Waals surface area contributed by atoms with Gasteiger partial charge in [-0.3, -0.25) is 0 Å². The summed E-state index contributed by atoms with van der Waals surface area (Å²) in [5.41, 5.74) is 0.639. The van der Waals surface area contributed by atoms with E-state index in [1.807, 2.05) is 11.3 Å². The lowest BCUT2D eigenvalue weighted by Crippen LogP contribution is -2.27. The Balaban J connectivity index is 1.80. The molecule has 1 saturated carbocycles. The molecule has 1 aromatic rings. The summed E-state index contributed by atoms with van der Waals surface area (Å²) in [6.07, 6.45) is 11.1. The number of thiophene rings is 1. The van der Waals surface area contributed by atoms with Crippen LogP contribution in [0.4, 0.5) is 0 Å². The molecule has 2 heteroatoms. The summed E-state index contributed by atoms with van der Waals surface area (Å²) in [6.45, 7) is 9.22. The van der Waals surface area contributed by atoms with Crippen molar-refractivity contribution in [3.63, 3.8) is 0 Å². The minimum Gasteiger partial charge on any atom is -0.316 e. The van der Waals surface area contributed by atoms with Gasteiger partial charge in [-0.15, -0.1) is 11.3 Å². The largest absolute Gasteiger partial charge is 0.316 e. The average molecular weight is 308 g/mol. The van der Waals surface area contributed by atoms with Crippen LogP contribution in [-0.2, 0) is 12.8 Å². The van der Waals surface area contributed by atoms with Crippen LogP contribution >= 0.6 is 11.3 Å². The lowest BCUT2D eigenvalue weighted by atomic mass is 9.78. The number of rotatable bonds is 9. The Kier molecular flexibility index (Phi) is 6.75. The maximum absolute atomic E-state index is 3.65. The van der Waals surface area contributed by atoms with Crippen molar-refractivity contribution in [2.45, 2.75) is 72.1 Å². The first-order valence-corrected chi connectivity index (χ1v) is 9.73. The van der Waals surface area contributed by atoms with E-state index in [4.69, 9.17) is 0 Å². The highest BCUT2D eigenvalue weighted by Crippen LogP contribution is 2.44. The molecule has 1 aliphatic carbocycles. The van der Waals surface area contributed by atoms with Crippen LogP contribution in [0.5, 0.6) is 0 Å². The Morgan fingerprint density at radius 3 is 2.48 bits per heavy atom. The van der Waals surface area contributed by atoms with Crippen LogP contribution in [0.15, 0.2) is 12.1 Å². The number of nitrogens with one attached hydrogen (secondary N) is 1. The van der Waals surface area contributed by atoms with Gasteiger partial charge in [0.15, 0.2) is 0 Å². The fraction of sp³-hybridized carbons (Fsp3) is 0.789. The van der Waals surface area contributed by atoms with E-state index in [2.05, 4.69) is 38.2 Å². The predicted octanol–water partition coefficient (Wildman–Crippen LogP) is 5.44. The first-order chi connectivity index (χ1) is 10.1. The van der Waals surface area contributed by atoms with Gasteiger partial charge in [-0.05, 0) is 75.1 Å².